The van der Waals surface area contributed by atoms with Gasteiger partial charge in [0.25, 0.3) is 5.56 Å². The Morgan fingerprint density at radius 3 is 1.98 bits per heavy atom. The van der Waals surface area contributed by atoms with E-state index in [1.807, 2.05) is 0 Å². The molecule has 194 valence electrons. The standard InChI is InChI=1S/C36H31BN2O/c40-34-27-20-28-29(36(18-7-8-19-36)22-35(28)16-5-6-17-35)21-32(27)38-31-15-9-13-26-24-11-2-1-10-23(24)25-12-3-4-14-30(25)37(33(26)31)39(34)38/h1-4,9-15,20-21H,5-8,16-19,22H2. The van der Waals surface area contributed by atoms with Crippen molar-refractivity contribution >= 4 is 28.7 Å². The molecule has 5 aromatic rings. The third kappa shape index (κ3) is 2.45. The first-order chi connectivity index (χ1) is 19.7. The highest BCUT2D eigenvalue weighted by Crippen LogP contribution is 2.62. The zero-order chi connectivity index (χ0) is 26.2. The molecule has 10 rings (SSSR count). The van der Waals surface area contributed by atoms with Gasteiger partial charge >= 0.3 is 6.85 Å². The fourth-order valence-corrected chi connectivity index (χ4v) is 10.1. The van der Waals surface area contributed by atoms with Crippen LogP contribution in [0.25, 0.3) is 38.8 Å². The third-order valence-corrected chi connectivity index (χ3v) is 11.6. The summed E-state index contributed by atoms with van der Waals surface area (Å²) in [5.41, 5.74) is 13.6. The molecular weight excluding hydrogens is 487 g/mol. The summed E-state index contributed by atoms with van der Waals surface area (Å²) in [6, 6.07) is 29.0. The van der Waals surface area contributed by atoms with Gasteiger partial charge in [0.2, 0.25) is 0 Å². The average Bonchev–Trinajstić information content (AvgIpc) is 3.80. The second-order valence-corrected chi connectivity index (χ2v) is 13.3. The quantitative estimate of drug-likeness (QED) is 0.213. The summed E-state index contributed by atoms with van der Waals surface area (Å²) in [5.74, 6) is 0. The van der Waals surface area contributed by atoms with E-state index in [0.29, 0.717) is 10.8 Å². The van der Waals surface area contributed by atoms with E-state index in [0.717, 1.165) is 16.6 Å². The molecule has 0 bridgehead atoms. The van der Waals surface area contributed by atoms with Crippen molar-refractivity contribution in [2.45, 2.75) is 68.6 Å². The molecule has 4 aromatic carbocycles. The van der Waals surface area contributed by atoms with Crippen LogP contribution in [0, 0.1) is 0 Å². The van der Waals surface area contributed by atoms with E-state index in [1.54, 1.807) is 5.56 Å². The Balaban J connectivity index is 1.33. The van der Waals surface area contributed by atoms with Crippen molar-refractivity contribution in [1.82, 2.24) is 9.27 Å². The topological polar surface area (TPSA) is 26.9 Å². The lowest BCUT2D eigenvalue weighted by Crippen LogP contribution is -2.50. The molecule has 2 fully saturated rings. The van der Waals surface area contributed by atoms with Crippen LogP contribution in [-0.2, 0) is 10.8 Å². The molecule has 40 heavy (non-hydrogen) atoms. The molecule has 0 unspecified atom stereocenters. The highest BCUT2D eigenvalue weighted by atomic mass is 16.1. The van der Waals surface area contributed by atoms with Gasteiger partial charge in [-0.3, -0.25) is 14.1 Å². The fourth-order valence-electron chi connectivity index (χ4n) is 10.1. The Kier molecular flexibility index (Phi) is 4.00. The first-order valence-corrected chi connectivity index (χ1v) is 15.3. The number of fused-ring (bicyclic) bond motifs is 13. The first kappa shape index (κ1) is 22.0. The minimum Gasteiger partial charge on any atom is -0.281 e. The molecule has 3 nitrogen and oxygen atoms in total. The number of rotatable bonds is 0. The van der Waals surface area contributed by atoms with Crippen LogP contribution in [0.15, 0.2) is 83.7 Å². The van der Waals surface area contributed by atoms with Crippen LogP contribution < -0.4 is 16.5 Å². The minimum absolute atomic E-state index is 0.134. The van der Waals surface area contributed by atoms with Gasteiger partial charge in [0.1, 0.15) is 0 Å². The molecule has 3 heterocycles. The minimum atomic E-state index is -0.134. The predicted octanol–water partition coefficient (Wildman–Crippen LogP) is 6.43. The molecule has 2 spiro atoms. The van der Waals surface area contributed by atoms with Gasteiger partial charge in [-0.2, -0.15) is 0 Å². The Morgan fingerprint density at radius 2 is 1.25 bits per heavy atom. The molecule has 4 heteroatoms. The second-order valence-electron chi connectivity index (χ2n) is 13.3. The van der Waals surface area contributed by atoms with E-state index in [4.69, 9.17) is 0 Å². The van der Waals surface area contributed by atoms with E-state index in [-0.39, 0.29) is 12.4 Å². The Hall–Kier alpha value is -3.79. The maximum absolute atomic E-state index is 14.6. The van der Waals surface area contributed by atoms with Crippen molar-refractivity contribution in [3.05, 3.63) is 100 Å². The van der Waals surface area contributed by atoms with Gasteiger partial charge in [-0.25, -0.2) is 0 Å². The summed E-state index contributed by atoms with van der Waals surface area (Å²) >= 11 is 0. The van der Waals surface area contributed by atoms with Crippen LogP contribution in [0.5, 0.6) is 0 Å². The Bertz CT molecular complexity index is 1980. The van der Waals surface area contributed by atoms with Crippen molar-refractivity contribution in [3.8, 4) is 27.9 Å². The second kappa shape index (κ2) is 7.29. The molecule has 0 N–H and O–H groups in total. The summed E-state index contributed by atoms with van der Waals surface area (Å²) in [6.07, 6.45) is 11.9. The Labute approximate surface area is 234 Å². The monoisotopic (exact) mass is 518 g/mol. The highest BCUT2D eigenvalue weighted by Gasteiger charge is 2.54. The number of benzene rings is 4. The molecule has 0 saturated heterocycles. The van der Waals surface area contributed by atoms with Crippen molar-refractivity contribution < 1.29 is 0 Å². The molecule has 5 aliphatic rings. The normalized spacial score (nSPS) is 20.1. The van der Waals surface area contributed by atoms with Gasteiger partial charge in [0, 0.05) is 0 Å². The van der Waals surface area contributed by atoms with Gasteiger partial charge in [-0.15, -0.1) is 0 Å². The van der Waals surface area contributed by atoms with E-state index in [9.17, 15) is 4.79 Å². The van der Waals surface area contributed by atoms with Gasteiger partial charge in [0.15, 0.2) is 0 Å². The number of aromatic nitrogens is 2. The smallest absolute Gasteiger partial charge is 0.281 e. The van der Waals surface area contributed by atoms with Crippen LogP contribution in [0.2, 0.25) is 0 Å². The maximum Gasteiger partial charge on any atom is 0.354 e. The van der Waals surface area contributed by atoms with Gasteiger partial charge in [0.05, 0.1) is 16.6 Å². The van der Waals surface area contributed by atoms with E-state index in [1.165, 1.54) is 96.5 Å². The summed E-state index contributed by atoms with van der Waals surface area (Å²) in [5, 5.41) is 0.912. The van der Waals surface area contributed by atoms with Crippen LogP contribution in [-0.4, -0.2) is 16.1 Å². The average molecular weight is 518 g/mol. The fraction of sp³-hybridized carbons (Fsp3) is 0.306. The van der Waals surface area contributed by atoms with Crippen molar-refractivity contribution in [2.75, 3.05) is 0 Å². The van der Waals surface area contributed by atoms with Gasteiger partial charge < -0.3 is 0 Å². The van der Waals surface area contributed by atoms with Crippen LogP contribution >= 0.6 is 0 Å². The molecule has 0 radical (unpaired) electrons. The summed E-state index contributed by atoms with van der Waals surface area (Å²) < 4.78 is 4.40. The van der Waals surface area contributed by atoms with Gasteiger partial charge in [-0.1, -0.05) is 86.3 Å². The number of nitrogens with zero attached hydrogens (tertiary/aromatic N) is 2. The zero-order valence-electron chi connectivity index (χ0n) is 22.7. The third-order valence-electron chi connectivity index (χ3n) is 11.6. The van der Waals surface area contributed by atoms with Crippen molar-refractivity contribution in [2.24, 2.45) is 0 Å². The van der Waals surface area contributed by atoms with Crippen LogP contribution in [0.1, 0.15) is 68.9 Å². The SMILES string of the molecule is O=c1c2cc3c(cc2n2n1B1c4ccccc4-c4ccccc4-c4cccc-2c41)C1(CCCC1)CC31CCCC1. The number of hydrogen-bond acceptors (Lipinski definition) is 1. The molecule has 2 saturated carbocycles. The summed E-state index contributed by atoms with van der Waals surface area (Å²) in [7, 11) is 0. The summed E-state index contributed by atoms with van der Waals surface area (Å²) in [4.78, 5) is 14.6. The van der Waals surface area contributed by atoms with E-state index in [2.05, 4.69) is 88.1 Å². The molecule has 0 atom stereocenters. The van der Waals surface area contributed by atoms with E-state index < -0.39 is 0 Å². The van der Waals surface area contributed by atoms with E-state index >= 15 is 0 Å². The predicted molar refractivity (Wildman–Crippen MR) is 164 cm³/mol. The van der Waals surface area contributed by atoms with Crippen LogP contribution in [0.3, 0.4) is 0 Å². The molecule has 3 aliphatic carbocycles. The lowest BCUT2D eigenvalue weighted by atomic mass is 9.49. The molecule has 1 aromatic heterocycles. The lowest BCUT2D eigenvalue weighted by molar-refractivity contribution is 0.324. The lowest BCUT2D eigenvalue weighted by Gasteiger charge is -2.29. The maximum atomic E-state index is 14.6. The van der Waals surface area contributed by atoms with Crippen molar-refractivity contribution in [3.63, 3.8) is 0 Å². The van der Waals surface area contributed by atoms with Gasteiger partial charge in [-0.05, 0) is 105 Å². The number of hydrogen-bond donors (Lipinski definition) is 0. The molecule has 0 amide bonds. The molecular formula is C36H31BN2O. The highest BCUT2D eigenvalue weighted by molar-refractivity contribution is 6.88. The van der Waals surface area contributed by atoms with Crippen LogP contribution in [0.4, 0.5) is 0 Å². The Morgan fingerprint density at radius 1 is 0.650 bits per heavy atom. The first-order valence-electron chi connectivity index (χ1n) is 15.3. The zero-order valence-corrected chi connectivity index (χ0v) is 22.7. The van der Waals surface area contributed by atoms with Crippen molar-refractivity contribution in [1.29, 1.82) is 0 Å². The summed E-state index contributed by atoms with van der Waals surface area (Å²) in [6.45, 7) is -0.134. The molecule has 2 aliphatic heterocycles. The largest absolute Gasteiger partial charge is 0.354 e.